The fraction of sp³-hybridized carbons (Fsp3) is 0.818. The van der Waals surface area contributed by atoms with Gasteiger partial charge in [0.2, 0.25) is 11.8 Å². The minimum Gasteiger partial charge on any atom is -0.368 e. The molecule has 5 nitrogen and oxygen atoms in total. The van der Waals surface area contributed by atoms with E-state index in [4.69, 9.17) is 5.73 Å². The number of carbonyl (C=O) groups excluding carboxylic acids is 2. The van der Waals surface area contributed by atoms with Crippen LogP contribution in [-0.2, 0) is 9.59 Å². The SMILES string of the molecule is CCN(CCN1CCC[C@@H]1C(N)=O)C(C)=O. The quantitative estimate of drug-likeness (QED) is 0.707. The van der Waals surface area contributed by atoms with Crippen LogP contribution in [0.15, 0.2) is 0 Å². The van der Waals surface area contributed by atoms with Crippen molar-refractivity contribution in [2.24, 2.45) is 5.73 Å². The van der Waals surface area contributed by atoms with Gasteiger partial charge in [-0.3, -0.25) is 14.5 Å². The van der Waals surface area contributed by atoms with Crippen molar-refractivity contribution in [2.75, 3.05) is 26.2 Å². The zero-order valence-corrected chi connectivity index (χ0v) is 10.1. The van der Waals surface area contributed by atoms with Crippen molar-refractivity contribution in [1.29, 1.82) is 0 Å². The van der Waals surface area contributed by atoms with E-state index in [2.05, 4.69) is 4.90 Å². The number of primary amides is 1. The lowest BCUT2D eigenvalue weighted by Gasteiger charge is -2.26. The van der Waals surface area contributed by atoms with Gasteiger partial charge in [-0.1, -0.05) is 0 Å². The zero-order valence-electron chi connectivity index (χ0n) is 10.1. The Kier molecular flexibility index (Phi) is 4.73. The molecule has 16 heavy (non-hydrogen) atoms. The molecule has 0 saturated carbocycles. The molecule has 0 aromatic rings. The third kappa shape index (κ3) is 3.20. The van der Waals surface area contributed by atoms with E-state index in [1.165, 1.54) is 0 Å². The van der Waals surface area contributed by atoms with E-state index in [0.717, 1.165) is 25.9 Å². The van der Waals surface area contributed by atoms with Gasteiger partial charge in [-0.2, -0.15) is 0 Å². The predicted octanol–water partition coefficient (Wildman–Crippen LogP) is -0.196. The molecule has 0 unspecified atom stereocenters. The Labute approximate surface area is 96.6 Å². The summed E-state index contributed by atoms with van der Waals surface area (Å²) in [6, 6.07) is -0.134. The number of amides is 2. The Morgan fingerprint density at radius 1 is 1.50 bits per heavy atom. The van der Waals surface area contributed by atoms with Crippen molar-refractivity contribution in [3.05, 3.63) is 0 Å². The summed E-state index contributed by atoms with van der Waals surface area (Å²) in [5, 5.41) is 0. The lowest BCUT2D eigenvalue weighted by molar-refractivity contribution is -0.128. The average Bonchev–Trinajstić information content (AvgIpc) is 2.66. The highest BCUT2D eigenvalue weighted by Gasteiger charge is 2.28. The number of likely N-dealkylation sites (tertiary alicyclic amines) is 1. The molecule has 0 spiro atoms. The molecule has 0 bridgehead atoms. The maximum Gasteiger partial charge on any atom is 0.234 e. The molecule has 5 heteroatoms. The summed E-state index contributed by atoms with van der Waals surface area (Å²) in [5.41, 5.74) is 5.33. The number of hydrogen-bond acceptors (Lipinski definition) is 3. The second-order valence-corrected chi connectivity index (χ2v) is 4.20. The molecule has 2 N–H and O–H groups in total. The van der Waals surface area contributed by atoms with Crippen LogP contribution >= 0.6 is 0 Å². The molecule has 1 aliphatic heterocycles. The second kappa shape index (κ2) is 5.84. The molecule has 1 rings (SSSR count). The minimum atomic E-state index is -0.247. The Bertz CT molecular complexity index is 268. The van der Waals surface area contributed by atoms with Crippen molar-refractivity contribution in [2.45, 2.75) is 32.7 Å². The lowest BCUT2D eigenvalue weighted by Crippen LogP contribution is -2.44. The summed E-state index contributed by atoms with van der Waals surface area (Å²) < 4.78 is 0. The van der Waals surface area contributed by atoms with Gasteiger partial charge in [0.15, 0.2) is 0 Å². The molecular formula is C11H21N3O2. The third-order valence-electron chi connectivity index (χ3n) is 3.18. The average molecular weight is 227 g/mol. The summed E-state index contributed by atoms with van der Waals surface area (Å²) in [7, 11) is 0. The first-order valence-corrected chi connectivity index (χ1v) is 5.85. The molecule has 1 aliphatic rings. The van der Waals surface area contributed by atoms with Crippen LogP contribution in [0.2, 0.25) is 0 Å². The Morgan fingerprint density at radius 2 is 2.19 bits per heavy atom. The van der Waals surface area contributed by atoms with Gasteiger partial charge in [0.1, 0.15) is 0 Å². The molecule has 1 atom stereocenters. The van der Waals surface area contributed by atoms with Crippen LogP contribution in [0.1, 0.15) is 26.7 Å². The zero-order chi connectivity index (χ0) is 12.1. The molecule has 92 valence electrons. The number of nitrogens with two attached hydrogens (primary N) is 1. The standard InChI is InChI=1S/C11H21N3O2/c1-3-13(9(2)15)7-8-14-6-4-5-10(14)11(12)16/h10H,3-8H2,1-2H3,(H2,12,16)/t10-/m1/s1. The lowest BCUT2D eigenvalue weighted by atomic mass is 10.2. The van der Waals surface area contributed by atoms with Crippen molar-refractivity contribution in [3.63, 3.8) is 0 Å². The van der Waals surface area contributed by atoms with E-state index in [9.17, 15) is 9.59 Å². The summed E-state index contributed by atoms with van der Waals surface area (Å²) in [6.07, 6.45) is 1.86. The number of nitrogens with zero attached hydrogens (tertiary/aromatic N) is 2. The van der Waals surface area contributed by atoms with E-state index < -0.39 is 0 Å². The minimum absolute atomic E-state index is 0.0809. The summed E-state index contributed by atoms with van der Waals surface area (Å²) in [4.78, 5) is 26.2. The van der Waals surface area contributed by atoms with Crippen molar-refractivity contribution in [1.82, 2.24) is 9.80 Å². The van der Waals surface area contributed by atoms with E-state index in [0.29, 0.717) is 13.1 Å². The first kappa shape index (κ1) is 13.0. The first-order valence-electron chi connectivity index (χ1n) is 5.85. The van der Waals surface area contributed by atoms with Crippen molar-refractivity contribution in [3.8, 4) is 0 Å². The fourth-order valence-corrected chi connectivity index (χ4v) is 2.20. The van der Waals surface area contributed by atoms with Gasteiger partial charge in [-0.15, -0.1) is 0 Å². The van der Waals surface area contributed by atoms with Gasteiger partial charge >= 0.3 is 0 Å². The highest BCUT2D eigenvalue weighted by atomic mass is 16.2. The summed E-state index contributed by atoms with van der Waals surface area (Å²) >= 11 is 0. The van der Waals surface area contributed by atoms with Crippen LogP contribution in [0.5, 0.6) is 0 Å². The Hall–Kier alpha value is -1.10. The van der Waals surface area contributed by atoms with Crippen molar-refractivity contribution < 1.29 is 9.59 Å². The Balaban J connectivity index is 2.42. The Morgan fingerprint density at radius 3 is 2.69 bits per heavy atom. The normalized spacial score (nSPS) is 21.0. The van der Waals surface area contributed by atoms with Gasteiger partial charge in [0, 0.05) is 26.6 Å². The second-order valence-electron chi connectivity index (χ2n) is 4.20. The number of hydrogen-bond donors (Lipinski definition) is 1. The molecule has 1 fully saturated rings. The summed E-state index contributed by atoms with van der Waals surface area (Å²) in [6.45, 7) is 6.56. The molecule has 0 aromatic carbocycles. The van der Waals surface area contributed by atoms with Crippen LogP contribution in [0.4, 0.5) is 0 Å². The fourth-order valence-electron chi connectivity index (χ4n) is 2.20. The van der Waals surface area contributed by atoms with Crippen LogP contribution in [0.25, 0.3) is 0 Å². The first-order chi connectivity index (χ1) is 7.56. The van der Waals surface area contributed by atoms with E-state index in [1.54, 1.807) is 11.8 Å². The number of rotatable bonds is 5. The molecule has 0 aliphatic carbocycles. The molecule has 0 aromatic heterocycles. The maximum absolute atomic E-state index is 11.2. The van der Waals surface area contributed by atoms with Crippen LogP contribution < -0.4 is 5.73 Å². The topological polar surface area (TPSA) is 66.6 Å². The van der Waals surface area contributed by atoms with E-state index in [-0.39, 0.29) is 17.9 Å². The van der Waals surface area contributed by atoms with Crippen LogP contribution in [0.3, 0.4) is 0 Å². The van der Waals surface area contributed by atoms with E-state index in [1.807, 2.05) is 6.92 Å². The monoisotopic (exact) mass is 227 g/mol. The maximum atomic E-state index is 11.2. The number of carbonyl (C=O) groups is 2. The third-order valence-corrected chi connectivity index (χ3v) is 3.18. The van der Waals surface area contributed by atoms with Crippen LogP contribution in [-0.4, -0.2) is 53.8 Å². The van der Waals surface area contributed by atoms with Gasteiger partial charge in [0.05, 0.1) is 6.04 Å². The van der Waals surface area contributed by atoms with E-state index >= 15 is 0 Å². The summed E-state index contributed by atoms with van der Waals surface area (Å²) in [5.74, 6) is -0.166. The van der Waals surface area contributed by atoms with Gasteiger partial charge < -0.3 is 10.6 Å². The van der Waals surface area contributed by atoms with Gasteiger partial charge in [-0.25, -0.2) is 0 Å². The van der Waals surface area contributed by atoms with Gasteiger partial charge in [0.25, 0.3) is 0 Å². The highest BCUT2D eigenvalue weighted by molar-refractivity contribution is 5.80. The number of likely N-dealkylation sites (N-methyl/N-ethyl adjacent to an activating group) is 1. The largest absolute Gasteiger partial charge is 0.368 e. The highest BCUT2D eigenvalue weighted by Crippen LogP contribution is 2.16. The molecule has 1 saturated heterocycles. The molecule has 0 radical (unpaired) electrons. The smallest absolute Gasteiger partial charge is 0.234 e. The molecule has 1 heterocycles. The van der Waals surface area contributed by atoms with Gasteiger partial charge in [-0.05, 0) is 26.3 Å². The van der Waals surface area contributed by atoms with Crippen molar-refractivity contribution >= 4 is 11.8 Å². The molecular weight excluding hydrogens is 206 g/mol. The molecule has 2 amide bonds. The van der Waals surface area contributed by atoms with Crippen LogP contribution in [0, 0.1) is 0 Å². The predicted molar refractivity (Wildman–Crippen MR) is 61.7 cm³/mol.